The molecule has 1 aromatic carbocycles. The van der Waals surface area contributed by atoms with Gasteiger partial charge in [-0.25, -0.2) is 0 Å². The van der Waals surface area contributed by atoms with Crippen molar-refractivity contribution in [1.29, 1.82) is 0 Å². The molecule has 1 aromatic rings. The summed E-state index contributed by atoms with van der Waals surface area (Å²) >= 11 is 0. The van der Waals surface area contributed by atoms with E-state index in [1.165, 1.54) is 7.11 Å². The third-order valence-corrected chi connectivity index (χ3v) is 2.39. The minimum absolute atomic E-state index is 0.00696. The van der Waals surface area contributed by atoms with E-state index >= 15 is 0 Å². The van der Waals surface area contributed by atoms with Gasteiger partial charge in [-0.1, -0.05) is 17.3 Å². The summed E-state index contributed by atoms with van der Waals surface area (Å²) in [6.45, 7) is 0.191. The molecule has 0 aromatic heterocycles. The molecule has 2 rings (SSSR count). The monoisotopic (exact) mass is 253 g/mol. The Morgan fingerprint density at radius 1 is 1.33 bits per heavy atom. The summed E-state index contributed by atoms with van der Waals surface area (Å²) in [5, 5.41) is 24.9. The molecule has 0 spiro atoms. The molecular formula is C11H15N3O4. The number of methoxy groups -OCH3 is 1. The highest BCUT2D eigenvalue weighted by molar-refractivity contribution is 5.01. The van der Waals surface area contributed by atoms with E-state index in [9.17, 15) is 5.11 Å². The van der Waals surface area contributed by atoms with Crippen molar-refractivity contribution >= 4 is 0 Å². The van der Waals surface area contributed by atoms with Crippen LogP contribution in [0.2, 0.25) is 0 Å². The molecule has 1 unspecified atom stereocenters. The largest absolute Gasteiger partial charge is 0.398 e. The van der Waals surface area contributed by atoms with Crippen LogP contribution in [0.25, 0.3) is 0 Å². The first-order chi connectivity index (χ1) is 8.69. The van der Waals surface area contributed by atoms with Gasteiger partial charge in [0.15, 0.2) is 0 Å². The SMILES string of the molecule is COC1(O)N=c2ccccc2=NN1OCCCO. The molecule has 0 saturated heterocycles. The van der Waals surface area contributed by atoms with E-state index in [4.69, 9.17) is 14.7 Å². The highest BCUT2D eigenvalue weighted by atomic mass is 16.8. The number of benzene rings is 1. The van der Waals surface area contributed by atoms with Gasteiger partial charge in [0.1, 0.15) is 5.36 Å². The number of ether oxygens (including phenoxy) is 1. The Balaban J connectivity index is 2.31. The van der Waals surface area contributed by atoms with Crippen LogP contribution in [-0.2, 0) is 9.57 Å². The quantitative estimate of drug-likeness (QED) is 0.504. The molecule has 1 aliphatic rings. The van der Waals surface area contributed by atoms with Gasteiger partial charge in [-0.05, 0) is 18.6 Å². The van der Waals surface area contributed by atoms with Crippen LogP contribution < -0.4 is 10.7 Å². The lowest BCUT2D eigenvalue weighted by molar-refractivity contribution is -0.390. The van der Waals surface area contributed by atoms with Crippen LogP contribution in [0.1, 0.15) is 6.42 Å². The van der Waals surface area contributed by atoms with Crippen LogP contribution in [0.5, 0.6) is 0 Å². The number of aliphatic hydroxyl groups is 2. The second kappa shape index (κ2) is 5.40. The molecule has 0 fully saturated rings. The zero-order chi connectivity index (χ0) is 13.0. The van der Waals surface area contributed by atoms with E-state index in [-0.39, 0.29) is 13.2 Å². The number of hydrogen-bond donors (Lipinski definition) is 2. The molecule has 1 atom stereocenters. The Kier molecular flexibility index (Phi) is 3.87. The number of rotatable bonds is 5. The number of hydrogen-bond acceptors (Lipinski definition) is 7. The highest BCUT2D eigenvalue weighted by Crippen LogP contribution is 2.16. The van der Waals surface area contributed by atoms with Crippen LogP contribution >= 0.6 is 0 Å². The van der Waals surface area contributed by atoms with Crippen molar-refractivity contribution in [2.24, 2.45) is 10.1 Å². The zero-order valence-corrected chi connectivity index (χ0v) is 9.98. The maximum absolute atomic E-state index is 10.1. The Morgan fingerprint density at radius 2 is 2.06 bits per heavy atom. The second-order valence-corrected chi connectivity index (χ2v) is 3.66. The van der Waals surface area contributed by atoms with Gasteiger partial charge in [0.05, 0.1) is 12.0 Å². The van der Waals surface area contributed by atoms with Crippen LogP contribution in [0, 0.1) is 0 Å². The van der Waals surface area contributed by atoms with Gasteiger partial charge >= 0.3 is 6.03 Å². The first-order valence-corrected chi connectivity index (χ1v) is 5.55. The number of aliphatic hydroxyl groups excluding tert-OH is 1. The van der Waals surface area contributed by atoms with E-state index in [1.807, 2.05) is 0 Å². The first-order valence-electron chi connectivity index (χ1n) is 5.55. The standard InChI is InChI=1S/C11H15N3O4/c1-17-11(16)12-9-5-2-3-6-10(9)13-14(11)18-8-4-7-15/h2-3,5-6,15-16H,4,7-8H2,1H3. The summed E-state index contributed by atoms with van der Waals surface area (Å²) in [5.74, 6) is 0. The van der Waals surface area contributed by atoms with Gasteiger partial charge in [0.25, 0.3) is 0 Å². The van der Waals surface area contributed by atoms with Crippen molar-refractivity contribution in [2.75, 3.05) is 20.3 Å². The minimum Gasteiger partial charge on any atom is -0.396 e. The topological polar surface area (TPSA) is 86.9 Å². The van der Waals surface area contributed by atoms with Crippen LogP contribution in [0.15, 0.2) is 34.4 Å². The molecule has 1 aliphatic heterocycles. The van der Waals surface area contributed by atoms with E-state index in [0.29, 0.717) is 17.1 Å². The lowest BCUT2D eigenvalue weighted by Crippen LogP contribution is -2.53. The fourth-order valence-electron chi connectivity index (χ4n) is 1.46. The van der Waals surface area contributed by atoms with E-state index in [2.05, 4.69) is 10.1 Å². The molecular weight excluding hydrogens is 238 g/mol. The van der Waals surface area contributed by atoms with Crippen molar-refractivity contribution in [1.82, 2.24) is 5.17 Å². The number of para-hydroxylation sites is 1. The summed E-state index contributed by atoms with van der Waals surface area (Å²) < 4.78 is 4.91. The third kappa shape index (κ3) is 2.49. The molecule has 0 bridgehead atoms. The Morgan fingerprint density at radius 3 is 2.72 bits per heavy atom. The molecule has 7 nitrogen and oxygen atoms in total. The van der Waals surface area contributed by atoms with Gasteiger partial charge in [-0.3, -0.25) is 4.84 Å². The molecule has 0 amide bonds. The fourth-order valence-corrected chi connectivity index (χ4v) is 1.46. The Hall–Kier alpha value is -1.54. The van der Waals surface area contributed by atoms with Gasteiger partial charge in [0.2, 0.25) is 0 Å². The molecule has 2 N–H and O–H groups in total. The van der Waals surface area contributed by atoms with E-state index in [0.717, 1.165) is 5.17 Å². The molecule has 98 valence electrons. The fraction of sp³-hybridized carbons (Fsp3) is 0.455. The van der Waals surface area contributed by atoms with Gasteiger partial charge in [-0.2, -0.15) is 4.99 Å². The predicted molar refractivity (Wildman–Crippen MR) is 60.2 cm³/mol. The van der Waals surface area contributed by atoms with E-state index in [1.54, 1.807) is 24.3 Å². The predicted octanol–water partition coefficient (Wildman–Crippen LogP) is -1.28. The minimum atomic E-state index is -1.98. The maximum Gasteiger partial charge on any atom is 0.398 e. The zero-order valence-electron chi connectivity index (χ0n) is 9.98. The van der Waals surface area contributed by atoms with Crippen molar-refractivity contribution in [3.63, 3.8) is 0 Å². The summed E-state index contributed by atoms with van der Waals surface area (Å²) in [4.78, 5) is 9.26. The number of hydroxylamine groups is 1. The average Bonchev–Trinajstić information content (AvgIpc) is 2.39. The summed E-state index contributed by atoms with van der Waals surface area (Å²) in [5.41, 5.74) is 0. The van der Waals surface area contributed by atoms with Gasteiger partial charge in [-0.15, -0.1) is 5.10 Å². The van der Waals surface area contributed by atoms with Crippen molar-refractivity contribution in [3.8, 4) is 0 Å². The van der Waals surface area contributed by atoms with Gasteiger partial charge < -0.3 is 14.9 Å². The van der Waals surface area contributed by atoms with Crippen LogP contribution in [-0.4, -0.2) is 41.7 Å². The Bertz CT molecular complexity index is 521. The van der Waals surface area contributed by atoms with Crippen molar-refractivity contribution in [2.45, 2.75) is 12.5 Å². The third-order valence-electron chi connectivity index (χ3n) is 2.39. The molecule has 0 saturated carbocycles. The normalized spacial score (nSPS) is 22.1. The maximum atomic E-state index is 10.1. The lowest BCUT2D eigenvalue weighted by atomic mass is 10.3. The van der Waals surface area contributed by atoms with Crippen LogP contribution in [0.3, 0.4) is 0 Å². The van der Waals surface area contributed by atoms with E-state index < -0.39 is 6.03 Å². The number of fused-ring (bicyclic) bond motifs is 1. The molecule has 7 heteroatoms. The number of nitrogens with zero attached hydrogens (tertiary/aromatic N) is 3. The first kappa shape index (κ1) is 12.9. The van der Waals surface area contributed by atoms with Crippen LogP contribution in [0.4, 0.5) is 0 Å². The summed E-state index contributed by atoms with van der Waals surface area (Å²) in [6.07, 6.45) is 0.424. The van der Waals surface area contributed by atoms with Crippen molar-refractivity contribution < 1.29 is 19.8 Å². The van der Waals surface area contributed by atoms with Gasteiger partial charge in [0, 0.05) is 13.7 Å². The Labute approximate surface area is 104 Å². The average molecular weight is 253 g/mol. The highest BCUT2D eigenvalue weighted by Gasteiger charge is 2.37. The molecule has 0 radical (unpaired) electrons. The summed E-state index contributed by atoms with van der Waals surface area (Å²) in [7, 11) is 1.30. The lowest BCUT2D eigenvalue weighted by Gasteiger charge is -2.32. The second-order valence-electron chi connectivity index (χ2n) is 3.66. The molecule has 1 heterocycles. The summed E-state index contributed by atoms with van der Waals surface area (Å²) in [6, 6.07) is 5.07. The molecule has 0 aliphatic carbocycles. The molecule has 18 heavy (non-hydrogen) atoms. The van der Waals surface area contributed by atoms with Crippen molar-refractivity contribution in [3.05, 3.63) is 35.0 Å². The smallest absolute Gasteiger partial charge is 0.396 e.